The van der Waals surface area contributed by atoms with Gasteiger partial charge in [-0.05, 0) is 18.4 Å². The second-order valence-corrected chi connectivity index (χ2v) is 5.46. The number of hydrogen-bond donors (Lipinski definition) is 1. The Hall–Kier alpha value is -2.76. The van der Waals surface area contributed by atoms with E-state index in [0.717, 1.165) is 18.8 Å². The second-order valence-electron chi connectivity index (χ2n) is 5.46. The Morgan fingerprint density at radius 3 is 2.75 bits per heavy atom. The van der Waals surface area contributed by atoms with Gasteiger partial charge in [0.05, 0.1) is 12.2 Å². The maximum atomic E-state index is 14.2. The summed E-state index contributed by atoms with van der Waals surface area (Å²) >= 11 is 0. The van der Waals surface area contributed by atoms with Gasteiger partial charge in [0.1, 0.15) is 12.2 Å². The van der Waals surface area contributed by atoms with Gasteiger partial charge in [0.25, 0.3) is 0 Å². The van der Waals surface area contributed by atoms with Crippen molar-refractivity contribution in [3.05, 3.63) is 72.0 Å². The molecule has 0 amide bonds. The minimum Gasteiger partial charge on any atom is -0.360 e. The van der Waals surface area contributed by atoms with E-state index < -0.39 is 0 Å². The predicted octanol–water partition coefficient (Wildman–Crippen LogP) is 3.23. The van der Waals surface area contributed by atoms with Crippen LogP contribution in [0.5, 0.6) is 0 Å². The zero-order valence-corrected chi connectivity index (χ0v) is 13.6. The number of anilines is 1. The fourth-order valence-corrected chi connectivity index (χ4v) is 2.54. The molecule has 0 atom stereocenters. The minimum atomic E-state index is -0.387. The summed E-state index contributed by atoms with van der Waals surface area (Å²) in [6.45, 7) is 3.11. The van der Waals surface area contributed by atoms with Crippen molar-refractivity contribution in [1.29, 1.82) is 0 Å². The molecule has 1 N–H and O–H groups in total. The molecular formula is C18H20FN5. The smallest absolute Gasteiger partial charge is 0.186 e. The lowest BCUT2D eigenvalue weighted by molar-refractivity contribution is 0.594. The van der Waals surface area contributed by atoms with Gasteiger partial charge in [-0.25, -0.2) is 19.3 Å². The molecule has 5 nitrogen and oxygen atoms in total. The summed E-state index contributed by atoms with van der Waals surface area (Å²) in [5.74, 6) is 0.684. The Morgan fingerprint density at radius 2 is 1.96 bits per heavy atom. The number of nitrogens with zero attached hydrogens (tertiary/aromatic N) is 4. The summed E-state index contributed by atoms with van der Waals surface area (Å²) in [6, 6.07) is 10.3. The van der Waals surface area contributed by atoms with Gasteiger partial charge in [-0.15, -0.1) is 0 Å². The Labute approximate surface area is 140 Å². The maximum absolute atomic E-state index is 14.2. The molecule has 0 bridgehead atoms. The lowest BCUT2D eigenvalue weighted by atomic mass is 10.1. The number of aromatic nitrogens is 4. The summed E-state index contributed by atoms with van der Waals surface area (Å²) in [6.07, 6.45) is 6.54. The number of nitrogens with one attached hydrogen (secondary N) is 1. The quantitative estimate of drug-likeness (QED) is 0.724. The molecule has 0 spiro atoms. The van der Waals surface area contributed by atoms with Crippen molar-refractivity contribution in [2.45, 2.75) is 32.9 Å². The second kappa shape index (κ2) is 7.68. The van der Waals surface area contributed by atoms with Crippen molar-refractivity contribution >= 4 is 5.82 Å². The van der Waals surface area contributed by atoms with Gasteiger partial charge in [-0.2, -0.15) is 0 Å². The SMILES string of the molecule is CCc1ncnc(NCc2nccn2CCc2ccccc2)c1F. The van der Waals surface area contributed by atoms with Crippen LogP contribution in [0.2, 0.25) is 0 Å². The third-order valence-corrected chi connectivity index (χ3v) is 3.90. The Bertz CT molecular complexity index is 785. The maximum Gasteiger partial charge on any atom is 0.186 e. The van der Waals surface area contributed by atoms with E-state index in [9.17, 15) is 4.39 Å². The number of imidazole rings is 1. The lowest BCUT2D eigenvalue weighted by Gasteiger charge is -2.10. The fraction of sp³-hybridized carbons (Fsp3) is 0.278. The van der Waals surface area contributed by atoms with Crippen molar-refractivity contribution in [1.82, 2.24) is 19.5 Å². The summed E-state index contributed by atoms with van der Waals surface area (Å²) in [7, 11) is 0. The van der Waals surface area contributed by atoms with Crippen molar-refractivity contribution in [3.8, 4) is 0 Å². The molecular weight excluding hydrogens is 305 g/mol. The van der Waals surface area contributed by atoms with Crippen molar-refractivity contribution in [3.63, 3.8) is 0 Å². The van der Waals surface area contributed by atoms with Crippen LogP contribution in [0.15, 0.2) is 49.1 Å². The zero-order valence-electron chi connectivity index (χ0n) is 13.6. The lowest BCUT2D eigenvalue weighted by Crippen LogP contribution is -2.12. The van der Waals surface area contributed by atoms with Crippen LogP contribution >= 0.6 is 0 Å². The molecule has 1 aromatic carbocycles. The number of hydrogen-bond acceptors (Lipinski definition) is 4. The largest absolute Gasteiger partial charge is 0.360 e. The molecule has 0 aliphatic carbocycles. The summed E-state index contributed by atoms with van der Waals surface area (Å²) in [5.41, 5.74) is 1.69. The van der Waals surface area contributed by atoms with Crippen molar-refractivity contribution < 1.29 is 4.39 Å². The van der Waals surface area contributed by atoms with Gasteiger partial charge in [-0.1, -0.05) is 37.3 Å². The van der Waals surface area contributed by atoms with Gasteiger partial charge < -0.3 is 9.88 Å². The highest BCUT2D eigenvalue weighted by atomic mass is 19.1. The van der Waals surface area contributed by atoms with Crippen LogP contribution in [0, 0.1) is 5.82 Å². The van der Waals surface area contributed by atoms with Crippen LogP contribution in [0.25, 0.3) is 0 Å². The van der Waals surface area contributed by atoms with Gasteiger partial charge in [0.15, 0.2) is 11.6 Å². The molecule has 2 heterocycles. The highest BCUT2D eigenvalue weighted by molar-refractivity contribution is 5.37. The standard InChI is InChI=1S/C18H20FN5/c1-2-15-17(19)18(23-13-22-15)21-12-16-20-9-11-24(16)10-8-14-6-4-3-5-7-14/h3-7,9,11,13H,2,8,10,12H2,1H3,(H,21,22,23). The van der Waals surface area contributed by atoms with E-state index in [2.05, 4.69) is 37.0 Å². The number of benzene rings is 1. The topological polar surface area (TPSA) is 55.6 Å². The van der Waals surface area contributed by atoms with E-state index in [1.165, 1.54) is 11.9 Å². The predicted molar refractivity (Wildman–Crippen MR) is 91.1 cm³/mol. The molecule has 0 aliphatic heterocycles. The number of halogens is 1. The summed E-state index contributed by atoms with van der Waals surface area (Å²) < 4.78 is 16.2. The fourth-order valence-electron chi connectivity index (χ4n) is 2.54. The van der Waals surface area contributed by atoms with Crippen LogP contribution < -0.4 is 5.32 Å². The van der Waals surface area contributed by atoms with E-state index in [0.29, 0.717) is 18.7 Å². The first-order valence-corrected chi connectivity index (χ1v) is 8.05. The van der Waals surface area contributed by atoms with E-state index in [-0.39, 0.29) is 11.6 Å². The third-order valence-electron chi connectivity index (χ3n) is 3.90. The molecule has 0 aliphatic rings. The van der Waals surface area contributed by atoms with E-state index >= 15 is 0 Å². The summed E-state index contributed by atoms with van der Waals surface area (Å²) in [4.78, 5) is 12.3. The van der Waals surface area contributed by atoms with Gasteiger partial charge in [-0.3, -0.25) is 0 Å². The van der Waals surface area contributed by atoms with Gasteiger partial charge in [0.2, 0.25) is 0 Å². The molecule has 124 valence electrons. The van der Waals surface area contributed by atoms with Gasteiger partial charge in [0, 0.05) is 18.9 Å². The molecule has 0 fully saturated rings. The van der Waals surface area contributed by atoms with Crippen molar-refractivity contribution in [2.75, 3.05) is 5.32 Å². The van der Waals surface area contributed by atoms with Crippen LogP contribution in [0.3, 0.4) is 0 Å². The highest BCUT2D eigenvalue weighted by Gasteiger charge is 2.10. The van der Waals surface area contributed by atoms with Crippen LogP contribution in [-0.4, -0.2) is 19.5 Å². The zero-order chi connectivity index (χ0) is 16.8. The molecule has 3 rings (SSSR count). The Kier molecular flexibility index (Phi) is 5.15. The number of aryl methyl sites for hydroxylation is 3. The molecule has 0 unspecified atom stereocenters. The van der Waals surface area contributed by atoms with Crippen molar-refractivity contribution in [2.24, 2.45) is 0 Å². The van der Waals surface area contributed by atoms with E-state index in [4.69, 9.17) is 0 Å². The average molecular weight is 325 g/mol. The van der Waals surface area contributed by atoms with E-state index in [1.54, 1.807) is 6.20 Å². The Balaban J connectivity index is 1.64. The first kappa shape index (κ1) is 16.1. The van der Waals surface area contributed by atoms with E-state index in [1.807, 2.05) is 31.3 Å². The third kappa shape index (κ3) is 3.76. The first-order chi connectivity index (χ1) is 11.8. The monoisotopic (exact) mass is 325 g/mol. The molecule has 0 saturated carbocycles. The molecule has 2 aromatic heterocycles. The molecule has 24 heavy (non-hydrogen) atoms. The number of rotatable bonds is 7. The van der Waals surface area contributed by atoms with Crippen LogP contribution in [0.1, 0.15) is 24.0 Å². The molecule has 3 aromatic rings. The minimum absolute atomic E-state index is 0.222. The van der Waals surface area contributed by atoms with Gasteiger partial charge >= 0.3 is 0 Å². The van der Waals surface area contributed by atoms with Crippen LogP contribution in [-0.2, 0) is 25.9 Å². The molecule has 0 saturated heterocycles. The average Bonchev–Trinajstić information content (AvgIpc) is 3.07. The normalized spacial score (nSPS) is 10.8. The molecule has 6 heteroatoms. The highest BCUT2D eigenvalue weighted by Crippen LogP contribution is 2.14. The Morgan fingerprint density at radius 1 is 1.12 bits per heavy atom. The first-order valence-electron chi connectivity index (χ1n) is 8.05. The molecule has 0 radical (unpaired) electrons. The summed E-state index contributed by atoms with van der Waals surface area (Å²) in [5, 5.41) is 3.02. The van der Waals surface area contributed by atoms with Crippen LogP contribution in [0.4, 0.5) is 10.2 Å².